The molecule has 1 aromatic heterocycles. The Balaban J connectivity index is 1.53. The van der Waals surface area contributed by atoms with E-state index in [2.05, 4.69) is 5.16 Å². The molecule has 1 atom stereocenters. The highest BCUT2D eigenvalue weighted by Crippen LogP contribution is 2.34. The number of benzene rings is 2. The molecule has 2 saturated heterocycles. The first-order valence-corrected chi connectivity index (χ1v) is 11.8. The number of morpholine rings is 1. The van der Waals surface area contributed by atoms with Gasteiger partial charge in [0.2, 0.25) is 5.88 Å². The normalized spacial score (nSPS) is 18.1. The van der Waals surface area contributed by atoms with E-state index in [1.54, 1.807) is 23.1 Å². The van der Waals surface area contributed by atoms with E-state index in [9.17, 15) is 13.6 Å². The van der Waals surface area contributed by atoms with E-state index in [1.165, 1.54) is 30.3 Å². The van der Waals surface area contributed by atoms with E-state index in [1.807, 2.05) is 4.90 Å². The molecule has 0 N–H and O–H groups in total. The van der Waals surface area contributed by atoms with Crippen molar-refractivity contribution in [2.75, 3.05) is 44.4 Å². The van der Waals surface area contributed by atoms with Gasteiger partial charge in [-0.25, -0.2) is 8.78 Å². The van der Waals surface area contributed by atoms with Crippen molar-refractivity contribution in [1.82, 2.24) is 10.1 Å². The monoisotopic (exact) mass is 483 g/mol. The number of nitrogens with zero attached hydrogens (tertiary/aromatic N) is 3. The first-order valence-electron chi connectivity index (χ1n) is 11.8. The highest BCUT2D eigenvalue weighted by molar-refractivity contribution is 5.94. The topological polar surface area (TPSA) is 68.0 Å². The Morgan fingerprint density at radius 3 is 2.54 bits per heavy atom. The zero-order chi connectivity index (χ0) is 24.2. The summed E-state index contributed by atoms with van der Waals surface area (Å²) >= 11 is 0. The molecule has 5 rings (SSSR count). The van der Waals surface area contributed by atoms with Crippen molar-refractivity contribution in [2.24, 2.45) is 0 Å². The van der Waals surface area contributed by atoms with Gasteiger partial charge in [-0.05, 0) is 49.2 Å². The Kier molecular flexibility index (Phi) is 7.06. The van der Waals surface area contributed by atoms with Gasteiger partial charge >= 0.3 is 0 Å². The number of anilines is 1. The predicted molar refractivity (Wildman–Crippen MR) is 125 cm³/mol. The standard InChI is InChI=1S/C26H27F2N3O4/c27-19-9-7-18(8-10-19)25(32)31(16-20-4-3-13-34-20)17-22-24(21-5-1-2-6-23(21)28)29-35-26(22)30-11-14-33-15-12-30/h1-2,5-10,20H,3-4,11-17H2/t20-/m0/s1. The lowest BCUT2D eigenvalue weighted by molar-refractivity contribution is 0.0507. The average molecular weight is 484 g/mol. The minimum Gasteiger partial charge on any atom is -0.378 e. The molecule has 184 valence electrons. The molecule has 0 radical (unpaired) electrons. The summed E-state index contributed by atoms with van der Waals surface area (Å²) in [5.41, 5.74) is 1.64. The Morgan fingerprint density at radius 2 is 1.83 bits per heavy atom. The maximum atomic E-state index is 14.8. The summed E-state index contributed by atoms with van der Waals surface area (Å²) in [7, 11) is 0. The first kappa shape index (κ1) is 23.4. The molecule has 0 spiro atoms. The summed E-state index contributed by atoms with van der Waals surface area (Å²) in [4.78, 5) is 17.2. The van der Waals surface area contributed by atoms with E-state index in [0.29, 0.717) is 67.7 Å². The van der Waals surface area contributed by atoms with E-state index in [0.717, 1.165) is 12.8 Å². The third kappa shape index (κ3) is 5.21. The van der Waals surface area contributed by atoms with Crippen molar-refractivity contribution in [3.63, 3.8) is 0 Å². The van der Waals surface area contributed by atoms with Crippen molar-refractivity contribution in [3.8, 4) is 11.3 Å². The lowest BCUT2D eigenvalue weighted by atomic mass is 10.0. The van der Waals surface area contributed by atoms with E-state index < -0.39 is 11.6 Å². The number of halogens is 2. The van der Waals surface area contributed by atoms with Crippen LogP contribution in [-0.4, -0.2) is 61.5 Å². The lowest BCUT2D eigenvalue weighted by Gasteiger charge is -2.29. The molecule has 2 fully saturated rings. The van der Waals surface area contributed by atoms with Gasteiger partial charge in [0.25, 0.3) is 5.91 Å². The van der Waals surface area contributed by atoms with Crippen molar-refractivity contribution >= 4 is 11.8 Å². The highest BCUT2D eigenvalue weighted by Gasteiger charge is 2.30. The van der Waals surface area contributed by atoms with Crippen LogP contribution in [0.2, 0.25) is 0 Å². The summed E-state index contributed by atoms with van der Waals surface area (Å²) in [5.74, 6) is -0.612. The minimum absolute atomic E-state index is 0.108. The van der Waals surface area contributed by atoms with Crippen LogP contribution in [0.4, 0.5) is 14.7 Å². The third-order valence-corrected chi connectivity index (χ3v) is 6.37. The van der Waals surface area contributed by atoms with Gasteiger partial charge < -0.3 is 23.8 Å². The minimum atomic E-state index is -0.425. The summed E-state index contributed by atoms with van der Waals surface area (Å²) < 4.78 is 45.3. The van der Waals surface area contributed by atoms with E-state index >= 15 is 0 Å². The van der Waals surface area contributed by atoms with Gasteiger partial charge in [-0.1, -0.05) is 17.3 Å². The molecule has 2 aliphatic heterocycles. The van der Waals surface area contributed by atoms with Crippen LogP contribution in [0.15, 0.2) is 53.1 Å². The van der Waals surface area contributed by atoms with Crippen LogP contribution < -0.4 is 4.90 Å². The SMILES string of the molecule is O=C(c1ccc(F)cc1)N(Cc1c(-c2ccccc2F)noc1N1CCOCC1)C[C@@H]1CCCO1. The molecule has 2 aromatic carbocycles. The molecule has 7 nitrogen and oxygen atoms in total. The molecule has 1 amide bonds. The third-order valence-electron chi connectivity index (χ3n) is 6.37. The van der Waals surface area contributed by atoms with Gasteiger partial charge in [0.05, 0.1) is 31.4 Å². The molecule has 3 aromatic rings. The first-order chi connectivity index (χ1) is 17.1. The smallest absolute Gasteiger partial charge is 0.254 e. The van der Waals surface area contributed by atoms with Crippen LogP contribution in [0, 0.1) is 11.6 Å². The number of hydrogen-bond acceptors (Lipinski definition) is 6. The zero-order valence-corrected chi connectivity index (χ0v) is 19.3. The lowest BCUT2D eigenvalue weighted by Crippen LogP contribution is -2.39. The largest absolute Gasteiger partial charge is 0.378 e. The molecular weight excluding hydrogens is 456 g/mol. The molecular formula is C26H27F2N3O4. The number of ether oxygens (including phenoxy) is 2. The predicted octanol–water partition coefficient (Wildman–Crippen LogP) is 4.28. The van der Waals surface area contributed by atoms with Crippen molar-refractivity contribution < 1.29 is 27.6 Å². The van der Waals surface area contributed by atoms with Gasteiger partial charge in [-0.3, -0.25) is 4.79 Å². The molecule has 0 bridgehead atoms. The van der Waals surface area contributed by atoms with Crippen LogP contribution in [0.5, 0.6) is 0 Å². The Morgan fingerprint density at radius 1 is 1.06 bits per heavy atom. The molecule has 0 unspecified atom stereocenters. The molecule has 9 heteroatoms. The van der Waals surface area contributed by atoms with Crippen LogP contribution in [0.3, 0.4) is 0 Å². The number of carbonyl (C=O) groups is 1. The number of hydrogen-bond donors (Lipinski definition) is 0. The summed E-state index contributed by atoms with van der Waals surface area (Å²) in [6.45, 7) is 3.38. The summed E-state index contributed by atoms with van der Waals surface area (Å²) in [5, 5.41) is 4.23. The number of carbonyl (C=O) groups excluding carboxylic acids is 1. The Hall–Kier alpha value is -3.30. The molecule has 0 saturated carbocycles. The van der Waals surface area contributed by atoms with Crippen LogP contribution in [0.25, 0.3) is 11.3 Å². The van der Waals surface area contributed by atoms with Crippen LogP contribution in [0.1, 0.15) is 28.8 Å². The highest BCUT2D eigenvalue weighted by atomic mass is 19.1. The van der Waals surface area contributed by atoms with E-state index in [4.69, 9.17) is 14.0 Å². The van der Waals surface area contributed by atoms with Crippen LogP contribution >= 0.6 is 0 Å². The Labute approximate surface area is 202 Å². The maximum Gasteiger partial charge on any atom is 0.254 e. The molecule has 35 heavy (non-hydrogen) atoms. The van der Waals surface area contributed by atoms with Gasteiger partial charge in [-0.15, -0.1) is 0 Å². The van der Waals surface area contributed by atoms with Gasteiger partial charge in [-0.2, -0.15) is 0 Å². The van der Waals surface area contributed by atoms with Crippen LogP contribution in [-0.2, 0) is 16.0 Å². The second-order valence-electron chi connectivity index (χ2n) is 8.72. The van der Waals surface area contributed by atoms with Crippen molar-refractivity contribution in [2.45, 2.75) is 25.5 Å². The number of rotatable bonds is 7. The number of aromatic nitrogens is 1. The molecule has 0 aliphatic carbocycles. The zero-order valence-electron chi connectivity index (χ0n) is 19.3. The van der Waals surface area contributed by atoms with E-state index in [-0.39, 0.29) is 18.6 Å². The fourth-order valence-electron chi connectivity index (χ4n) is 4.54. The maximum absolute atomic E-state index is 14.8. The second kappa shape index (κ2) is 10.5. The molecule has 2 aliphatic rings. The summed E-state index contributed by atoms with van der Waals surface area (Å²) in [6, 6.07) is 11.8. The second-order valence-corrected chi connectivity index (χ2v) is 8.72. The quantitative estimate of drug-likeness (QED) is 0.500. The van der Waals surface area contributed by atoms with Crippen molar-refractivity contribution in [1.29, 1.82) is 0 Å². The van der Waals surface area contributed by atoms with Crippen molar-refractivity contribution in [3.05, 3.63) is 71.3 Å². The van der Waals surface area contributed by atoms with Gasteiger partial charge in [0.15, 0.2) is 0 Å². The summed E-state index contributed by atoms with van der Waals surface area (Å²) in [6.07, 6.45) is 1.66. The van der Waals surface area contributed by atoms with Gasteiger partial charge in [0, 0.05) is 37.4 Å². The Bertz CT molecular complexity index is 1160. The fourth-order valence-corrected chi connectivity index (χ4v) is 4.54. The average Bonchev–Trinajstić information content (AvgIpc) is 3.55. The van der Waals surface area contributed by atoms with Gasteiger partial charge in [0.1, 0.15) is 17.3 Å². The number of amides is 1. The fraction of sp³-hybridized carbons (Fsp3) is 0.385. The molecule has 3 heterocycles.